The number of anilines is 1. The number of hydrogen-bond donors (Lipinski definition) is 2. The zero-order valence-corrected chi connectivity index (χ0v) is 18.7. The molecule has 2 heterocycles. The van der Waals surface area contributed by atoms with Crippen molar-refractivity contribution in [1.29, 1.82) is 0 Å². The maximum atomic E-state index is 13.4. The van der Waals surface area contributed by atoms with Crippen molar-refractivity contribution >= 4 is 44.7 Å². The second-order valence-corrected chi connectivity index (χ2v) is 9.93. The molecule has 1 aromatic carbocycles. The third-order valence-corrected chi connectivity index (χ3v) is 7.22. The highest BCUT2D eigenvalue weighted by Gasteiger charge is 2.43. The van der Waals surface area contributed by atoms with Crippen molar-refractivity contribution < 1.29 is 22.3 Å². The van der Waals surface area contributed by atoms with Gasteiger partial charge in [0, 0.05) is 23.8 Å². The number of nitrogens with zero attached hydrogens (tertiary/aromatic N) is 2. The first-order valence-corrected chi connectivity index (χ1v) is 11.9. The maximum absolute atomic E-state index is 13.4. The van der Waals surface area contributed by atoms with E-state index in [1.165, 1.54) is 23.5 Å². The van der Waals surface area contributed by atoms with E-state index in [0.717, 1.165) is 10.4 Å². The molecule has 30 heavy (non-hydrogen) atoms. The lowest BCUT2D eigenvalue weighted by Gasteiger charge is -2.37. The van der Waals surface area contributed by atoms with E-state index >= 15 is 0 Å². The molecule has 0 saturated carbocycles. The van der Waals surface area contributed by atoms with Crippen molar-refractivity contribution in [2.75, 3.05) is 18.5 Å². The van der Waals surface area contributed by atoms with Crippen molar-refractivity contribution in [3.05, 3.63) is 45.6 Å². The Labute approximate surface area is 183 Å². The van der Waals surface area contributed by atoms with Crippen LogP contribution in [0.25, 0.3) is 0 Å². The Hall–Kier alpha value is -1.63. The van der Waals surface area contributed by atoms with Gasteiger partial charge in [0.15, 0.2) is 0 Å². The molecule has 2 aromatic rings. The van der Waals surface area contributed by atoms with Gasteiger partial charge in [-0.05, 0) is 38.5 Å². The second kappa shape index (κ2) is 9.67. The normalized spacial score (nSPS) is 21.6. The molecule has 1 amide bonds. The molecule has 1 aliphatic heterocycles. The van der Waals surface area contributed by atoms with Gasteiger partial charge in [0.2, 0.25) is 5.91 Å². The van der Waals surface area contributed by atoms with Gasteiger partial charge in [0.1, 0.15) is 16.9 Å². The average Bonchev–Trinajstić information content (AvgIpc) is 3.20. The standard InChI is InChI=1S/C18H22ClFN4O4S2/c1-11(2)28-7-6-24-16(17(25)22-12-3-4-14(20)13(19)9-12)10-15(23-30(24,26)27)18-21-5-8-29-18/h3-5,8-9,11,15-16,23H,6-7,10H2,1-2H3,(H,22,25)/t15-,16+/m0/s1. The summed E-state index contributed by atoms with van der Waals surface area (Å²) in [5, 5.41) is 4.79. The Bertz CT molecular complexity index is 988. The quantitative estimate of drug-likeness (QED) is 0.640. The molecule has 1 saturated heterocycles. The summed E-state index contributed by atoms with van der Waals surface area (Å²) in [6.07, 6.45) is 1.67. The predicted octanol–water partition coefficient (Wildman–Crippen LogP) is 2.95. The second-order valence-electron chi connectivity index (χ2n) is 6.95. The Morgan fingerprint density at radius 1 is 1.50 bits per heavy atom. The first kappa shape index (κ1) is 23.0. The number of amides is 1. The molecular formula is C18H22ClFN4O4S2. The smallest absolute Gasteiger partial charge is 0.280 e. The zero-order chi connectivity index (χ0) is 21.9. The summed E-state index contributed by atoms with van der Waals surface area (Å²) in [7, 11) is -3.97. The van der Waals surface area contributed by atoms with E-state index in [0.29, 0.717) is 5.01 Å². The van der Waals surface area contributed by atoms with Crippen LogP contribution in [0.5, 0.6) is 0 Å². The van der Waals surface area contributed by atoms with Gasteiger partial charge in [-0.2, -0.15) is 17.4 Å². The molecule has 0 unspecified atom stereocenters. The summed E-state index contributed by atoms with van der Waals surface area (Å²) < 4.78 is 48.4. The van der Waals surface area contributed by atoms with Gasteiger partial charge in [-0.1, -0.05) is 11.6 Å². The highest BCUT2D eigenvalue weighted by Crippen LogP contribution is 2.30. The van der Waals surface area contributed by atoms with Crippen LogP contribution in [-0.4, -0.2) is 48.9 Å². The fraction of sp³-hybridized carbons (Fsp3) is 0.444. The summed E-state index contributed by atoms with van der Waals surface area (Å²) in [6.45, 7) is 3.81. The third-order valence-electron chi connectivity index (χ3n) is 4.41. The Morgan fingerprint density at radius 3 is 2.90 bits per heavy atom. The molecular weight excluding hydrogens is 455 g/mol. The molecule has 1 aromatic heterocycles. The fourth-order valence-electron chi connectivity index (χ4n) is 3.05. The van der Waals surface area contributed by atoms with E-state index < -0.39 is 34.0 Å². The number of aromatic nitrogens is 1. The van der Waals surface area contributed by atoms with Gasteiger partial charge >= 0.3 is 0 Å². The zero-order valence-electron chi connectivity index (χ0n) is 16.3. The van der Waals surface area contributed by atoms with E-state index in [4.69, 9.17) is 16.3 Å². The van der Waals surface area contributed by atoms with E-state index in [9.17, 15) is 17.6 Å². The van der Waals surface area contributed by atoms with Crippen molar-refractivity contribution in [3.63, 3.8) is 0 Å². The number of hydrogen-bond acceptors (Lipinski definition) is 6. The van der Waals surface area contributed by atoms with Gasteiger partial charge < -0.3 is 10.1 Å². The minimum absolute atomic E-state index is 0.000360. The van der Waals surface area contributed by atoms with E-state index in [-0.39, 0.29) is 36.4 Å². The number of nitrogens with one attached hydrogen (secondary N) is 2. The number of halogens is 2. The highest BCUT2D eigenvalue weighted by atomic mass is 35.5. The topological polar surface area (TPSA) is 101 Å². The van der Waals surface area contributed by atoms with E-state index in [1.54, 1.807) is 11.6 Å². The molecule has 1 aliphatic rings. The first-order chi connectivity index (χ1) is 14.2. The van der Waals surface area contributed by atoms with Crippen LogP contribution in [0.15, 0.2) is 29.8 Å². The van der Waals surface area contributed by atoms with Crippen molar-refractivity contribution in [2.45, 2.75) is 38.5 Å². The van der Waals surface area contributed by atoms with Crippen molar-refractivity contribution in [2.24, 2.45) is 0 Å². The van der Waals surface area contributed by atoms with Gasteiger partial charge in [-0.25, -0.2) is 9.37 Å². The number of carbonyl (C=O) groups is 1. The molecule has 2 atom stereocenters. The predicted molar refractivity (Wildman–Crippen MR) is 113 cm³/mol. The lowest BCUT2D eigenvalue weighted by Crippen LogP contribution is -2.58. The molecule has 164 valence electrons. The number of thiazole rings is 1. The molecule has 0 spiro atoms. The van der Waals surface area contributed by atoms with Gasteiger partial charge in [0.05, 0.1) is 23.8 Å². The molecule has 8 nitrogen and oxygen atoms in total. The van der Waals surface area contributed by atoms with Crippen LogP contribution >= 0.6 is 22.9 Å². The monoisotopic (exact) mass is 476 g/mol. The SMILES string of the molecule is CC(C)OCCN1[C@@H](C(=O)Nc2ccc(F)c(Cl)c2)C[C@@H](c2nccs2)NS1(=O)=O. The van der Waals surface area contributed by atoms with Gasteiger partial charge in [-0.3, -0.25) is 4.79 Å². The third kappa shape index (κ3) is 5.54. The largest absolute Gasteiger partial charge is 0.377 e. The van der Waals surface area contributed by atoms with Crippen LogP contribution in [-0.2, 0) is 19.7 Å². The van der Waals surface area contributed by atoms with Gasteiger partial charge in [-0.15, -0.1) is 11.3 Å². The number of ether oxygens (including phenoxy) is 1. The summed E-state index contributed by atoms with van der Waals surface area (Å²) in [6, 6.07) is 2.12. The Balaban J connectivity index is 1.85. The van der Waals surface area contributed by atoms with Crippen molar-refractivity contribution in [3.8, 4) is 0 Å². The molecule has 0 radical (unpaired) electrons. The summed E-state index contributed by atoms with van der Waals surface area (Å²) in [5.41, 5.74) is 0.270. The molecule has 2 N–H and O–H groups in total. The Morgan fingerprint density at radius 2 is 2.27 bits per heavy atom. The molecule has 12 heteroatoms. The van der Waals surface area contributed by atoms with Crippen LogP contribution in [0.2, 0.25) is 5.02 Å². The average molecular weight is 477 g/mol. The Kier molecular flexibility index (Phi) is 7.43. The lowest BCUT2D eigenvalue weighted by atomic mass is 10.1. The number of rotatable bonds is 7. The molecule has 0 bridgehead atoms. The van der Waals surface area contributed by atoms with Crippen LogP contribution in [0, 0.1) is 5.82 Å². The minimum Gasteiger partial charge on any atom is -0.377 e. The number of carbonyl (C=O) groups excluding carboxylic acids is 1. The van der Waals surface area contributed by atoms with E-state index in [2.05, 4.69) is 15.0 Å². The van der Waals surface area contributed by atoms with Crippen LogP contribution in [0.1, 0.15) is 31.3 Å². The van der Waals surface area contributed by atoms with Crippen LogP contribution < -0.4 is 10.0 Å². The van der Waals surface area contributed by atoms with Crippen LogP contribution in [0.4, 0.5) is 10.1 Å². The van der Waals surface area contributed by atoms with E-state index in [1.807, 2.05) is 13.8 Å². The highest BCUT2D eigenvalue weighted by molar-refractivity contribution is 7.87. The van der Waals surface area contributed by atoms with Gasteiger partial charge in [0.25, 0.3) is 10.2 Å². The summed E-state index contributed by atoms with van der Waals surface area (Å²) >= 11 is 7.08. The number of benzene rings is 1. The van der Waals surface area contributed by atoms with Crippen LogP contribution in [0.3, 0.4) is 0 Å². The maximum Gasteiger partial charge on any atom is 0.280 e. The first-order valence-electron chi connectivity index (χ1n) is 9.23. The molecule has 1 fully saturated rings. The molecule has 3 rings (SSSR count). The van der Waals surface area contributed by atoms with Crippen molar-refractivity contribution in [1.82, 2.24) is 14.0 Å². The summed E-state index contributed by atoms with van der Waals surface area (Å²) in [4.78, 5) is 17.2. The molecule has 0 aliphatic carbocycles. The minimum atomic E-state index is -3.97. The fourth-order valence-corrected chi connectivity index (χ4v) is 5.55. The lowest BCUT2D eigenvalue weighted by molar-refractivity contribution is -0.120. The summed E-state index contributed by atoms with van der Waals surface area (Å²) in [5.74, 6) is -1.16.